The lowest BCUT2D eigenvalue weighted by Crippen LogP contribution is -2.32. The third kappa shape index (κ3) is 2.59. The monoisotopic (exact) mass is 276 g/mol. The van der Waals surface area contributed by atoms with E-state index in [1.165, 1.54) is 18.4 Å². The number of rotatable bonds is 4. The van der Waals surface area contributed by atoms with Gasteiger partial charge in [0.25, 0.3) is 5.91 Å². The van der Waals surface area contributed by atoms with Crippen LogP contribution in [0.5, 0.6) is 0 Å². The SMILES string of the molecule is CSC1(CNC(=O)c2cccc3c2CCCN3)CC1. The van der Waals surface area contributed by atoms with E-state index >= 15 is 0 Å². The quantitative estimate of drug-likeness (QED) is 0.888. The number of anilines is 1. The molecule has 1 aliphatic heterocycles. The highest BCUT2D eigenvalue weighted by molar-refractivity contribution is 8.00. The predicted molar refractivity (Wildman–Crippen MR) is 81.1 cm³/mol. The molecule has 3 rings (SSSR count). The first-order valence-corrected chi connectivity index (χ1v) is 8.16. The molecule has 0 radical (unpaired) electrons. The van der Waals surface area contributed by atoms with Gasteiger partial charge >= 0.3 is 0 Å². The summed E-state index contributed by atoms with van der Waals surface area (Å²) in [7, 11) is 0. The summed E-state index contributed by atoms with van der Waals surface area (Å²) < 4.78 is 0.322. The molecule has 0 aromatic heterocycles. The van der Waals surface area contributed by atoms with Gasteiger partial charge in [-0.2, -0.15) is 11.8 Å². The molecule has 1 heterocycles. The van der Waals surface area contributed by atoms with Crippen LogP contribution in [0.25, 0.3) is 0 Å². The number of thioether (sulfide) groups is 1. The number of nitrogens with one attached hydrogen (secondary N) is 2. The van der Waals surface area contributed by atoms with Gasteiger partial charge in [0.05, 0.1) is 0 Å². The van der Waals surface area contributed by atoms with E-state index in [9.17, 15) is 4.79 Å². The number of fused-ring (bicyclic) bond motifs is 1. The van der Waals surface area contributed by atoms with E-state index in [4.69, 9.17) is 0 Å². The third-order valence-electron chi connectivity index (χ3n) is 4.15. The molecule has 4 heteroatoms. The van der Waals surface area contributed by atoms with Crippen LogP contribution in [0, 0.1) is 0 Å². The highest BCUT2D eigenvalue weighted by atomic mass is 32.2. The first-order valence-electron chi connectivity index (χ1n) is 6.93. The van der Waals surface area contributed by atoms with Gasteiger partial charge in [-0.25, -0.2) is 0 Å². The van der Waals surface area contributed by atoms with Crippen LogP contribution in [0.15, 0.2) is 18.2 Å². The number of carbonyl (C=O) groups excluding carboxylic acids is 1. The number of amides is 1. The Morgan fingerprint density at radius 1 is 1.47 bits per heavy atom. The van der Waals surface area contributed by atoms with Crippen LogP contribution in [0.4, 0.5) is 5.69 Å². The van der Waals surface area contributed by atoms with Gasteiger partial charge in [0.2, 0.25) is 0 Å². The van der Waals surface area contributed by atoms with Gasteiger partial charge in [-0.15, -0.1) is 0 Å². The summed E-state index contributed by atoms with van der Waals surface area (Å²) >= 11 is 1.88. The maximum atomic E-state index is 12.4. The fourth-order valence-corrected chi connectivity index (χ4v) is 3.38. The number of hydrogen-bond donors (Lipinski definition) is 2. The first-order chi connectivity index (χ1) is 9.24. The third-order valence-corrected chi connectivity index (χ3v) is 5.57. The Balaban J connectivity index is 1.73. The molecule has 0 atom stereocenters. The standard InChI is InChI=1S/C15H20N2OS/c1-19-15(7-8-15)10-17-14(18)12-4-2-6-13-11(12)5-3-9-16-13/h2,4,6,16H,3,5,7-10H2,1H3,(H,17,18). The van der Waals surface area contributed by atoms with Gasteiger partial charge in [0, 0.05) is 29.1 Å². The average molecular weight is 276 g/mol. The van der Waals surface area contributed by atoms with Crippen molar-refractivity contribution in [1.82, 2.24) is 5.32 Å². The maximum absolute atomic E-state index is 12.4. The normalized spacial score (nSPS) is 19.2. The van der Waals surface area contributed by atoms with Gasteiger partial charge in [-0.1, -0.05) is 6.07 Å². The Bertz CT molecular complexity index is 497. The van der Waals surface area contributed by atoms with Gasteiger partial charge in [0.15, 0.2) is 0 Å². The zero-order valence-corrected chi connectivity index (χ0v) is 12.1. The summed E-state index contributed by atoms with van der Waals surface area (Å²) in [5.41, 5.74) is 3.16. The minimum atomic E-state index is 0.0841. The van der Waals surface area contributed by atoms with Crippen LogP contribution in [0.1, 0.15) is 35.2 Å². The zero-order valence-electron chi connectivity index (χ0n) is 11.3. The van der Waals surface area contributed by atoms with E-state index < -0.39 is 0 Å². The van der Waals surface area contributed by atoms with Gasteiger partial charge < -0.3 is 10.6 Å². The summed E-state index contributed by atoms with van der Waals surface area (Å²) in [5.74, 6) is 0.0841. The molecule has 2 aliphatic rings. The molecule has 1 saturated carbocycles. The molecule has 3 nitrogen and oxygen atoms in total. The van der Waals surface area contributed by atoms with Crippen LogP contribution in [0.3, 0.4) is 0 Å². The van der Waals surface area contributed by atoms with Crippen LogP contribution in [-0.2, 0) is 6.42 Å². The second kappa shape index (κ2) is 5.08. The molecule has 2 N–H and O–H groups in total. The predicted octanol–water partition coefficient (Wildman–Crippen LogP) is 2.67. The first kappa shape index (κ1) is 12.9. The number of carbonyl (C=O) groups is 1. The van der Waals surface area contributed by atoms with Crippen molar-refractivity contribution in [1.29, 1.82) is 0 Å². The number of hydrogen-bond acceptors (Lipinski definition) is 3. The smallest absolute Gasteiger partial charge is 0.251 e. The topological polar surface area (TPSA) is 41.1 Å². The second-order valence-corrected chi connectivity index (χ2v) is 6.71. The molecule has 102 valence electrons. The zero-order chi connectivity index (χ0) is 13.3. The summed E-state index contributed by atoms with van der Waals surface area (Å²) in [5, 5.41) is 6.48. The highest BCUT2D eigenvalue weighted by Crippen LogP contribution is 2.46. The molecule has 0 spiro atoms. The van der Waals surface area contributed by atoms with E-state index in [0.29, 0.717) is 4.75 Å². The van der Waals surface area contributed by atoms with Crippen LogP contribution in [0.2, 0.25) is 0 Å². The van der Waals surface area contributed by atoms with Crippen molar-refractivity contribution in [2.24, 2.45) is 0 Å². The second-order valence-electron chi connectivity index (χ2n) is 5.43. The van der Waals surface area contributed by atoms with Crippen LogP contribution >= 0.6 is 11.8 Å². The Morgan fingerprint density at radius 2 is 2.32 bits per heavy atom. The maximum Gasteiger partial charge on any atom is 0.251 e. The summed E-state index contributed by atoms with van der Waals surface area (Å²) in [6.45, 7) is 1.80. The van der Waals surface area contributed by atoms with Crippen molar-refractivity contribution >= 4 is 23.4 Å². The van der Waals surface area contributed by atoms with E-state index in [1.807, 2.05) is 23.9 Å². The van der Waals surface area contributed by atoms with Crippen molar-refractivity contribution in [2.75, 3.05) is 24.7 Å². The summed E-state index contributed by atoms with van der Waals surface area (Å²) in [6, 6.07) is 5.98. The minimum Gasteiger partial charge on any atom is -0.385 e. The Labute approximate surface area is 118 Å². The van der Waals surface area contributed by atoms with Crippen molar-refractivity contribution in [2.45, 2.75) is 30.4 Å². The van der Waals surface area contributed by atoms with Crippen LogP contribution in [-0.4, -0.2) is 30.0 Å². The van der Waals surface area contributed by atoms with Crippen molar-refractivity contribution in [3.63, 3.8) is 0 Å². The van der Waals surface area contributed by atoms with E-state index in [0.717, 1.165) is 37.2 Å². The molecular weight excluding hydrogens is 256 g/mol. The summed E-state index contributed by atoms with van der Waals surface area (Å²) in [4.78, 5) is 12.4. The minimum absolute atomic E-state index is 0.0841. The molecule has 0 unspecified atom stereocenters. The Hall–Kier alpha value is -1.16. The molecule has 19 heavy (non-hydrogen) atoms. The number of benzene rings is 1. The summed E-state index contributed by atoms with van der Waals surface area (Å²) in [6.07, 6.45) is 6.69. The largest absolute Gasteiger partial charge is 0.385 e. The van der Waals surface area contributed by atoms with Crippen molar-refractivity contribution < 1.29 is 4.79 Å². The molecule has 0 saturated heterocycles. The van der Waals surface area contributed by atoms with E-state index in [1.54, 1.807) is 0 Å². The molecular formula is C15H20N2OS. The molecule has 0 bridgehead atoms. The van der Waals surface area contributed by atoms with E-state index in [-0.39, 0.29) is 5.91 Å². The Kier molecular flexibility index (Phi) is 3.44. The fraction of sp³-hybridized carbons (Fsp3) is 0.533. The lowest BCUT2D eigenvalue weighted by Gasteiger charge is -2.21. The van der Waals surface area contributed by atoms with E-state index in [2.05, 4.69) is 23.0 Å². The van der Waals surface area contributed by atoms with Gasteiger partial charge in [-0.05, 0) is 49.6 Å². The molecule has 1 amide bonds. The lowest BCUT2D eigenvalue weighted by atomic mass is 9.97. The Morgan fingerprint density at radius 3 is 3.05 bits per heavy atom. The molecule has 1 aromatic carbocycles. The van der Waals surface area contributed by atoms with Gasteiger partial charge in [0.1, 0.15) is 0 Å². The fourth-order valence-electron chi connectivity index (χ4n) is 2.65. The van der Waals surface area contributed by atoms with Crippen LogP contribution < -0.4 is 10.6 Å². The molecule has 1 fully saturated rings. The molecule has 1 aliphatic carbocycles. The van der Waals surface area contributed by atoms with Crippen molar-refractivity contribution in [3.05, 3.63) is 29.3 Å². The lowest BCUT2D eigenvalue weighted by molar-refractivity contribution is 0.0952. The van der Waals surface area contributed by atoms with Gasteiger partial charge in [-0.3, -0.25) is 4.79 Å². The average Bonchev–Trinajstić information content (AvgIpc) is 3.25. The molecule has 1 aromatic rings. The van der Waals surface area contributed by atoms with Crippen molar-refractivity contribution in [3.8, 4) is 0 Å². The highest BCUT2D eigenvalue weighted by Gasteiger charge is 2.42.